The number of carbonyl (C=O) groups excluding carboxylic acids is 2. The van der Waals surface area contributed by atoms with E-state index in [1.165, 1.54) is 4.90 Å². The lowest BCUT2D eigenvalue weighted by Gasteiger charge is -2.31. The van der Waals surface area contributed by atoms with Gasteiger partial charge in [0.05, 0.1) is 19.1 Å². The molecule has 1 atom stereocenters. The lowest BCUT2D eigenvalue weighted by molar-refractivity contribution is -0.143. The van der Waals surface area contributed by atoms with Crippen molar-refractivity contribution in [2.24, 2.45) is 11.8 Å². The van der Waals surface area contributed by atoms with Crippen molar-refractivity contribution in [1.82, 2.24) is 9.80 Å². The molecule has 3 rings (SSSR count). The Kier molecular flexibility index (Phi) is 3.26. The minimum atomic E-state index is -0.430. The molecular formula is C13H19N3O3. The maximum atomic E-state index is 12.3. The van der Waals surface area contributed by atoms with E-state index >= 15 is 0 Å². The Bertz CT molecular complexity index is 413. The zero-order chi connectivity index (χ0) is 13.4. The fourth-order valence-corrected chi connectivity index (χ4v) is 2.73. The fourth-order valence-electron chi connectivity index (χ4n) is 2.73. The molecule has 6 heteroatoms. The molecule has 1 unspecified atom stereocenters. The molecule has 0 aromatic rings. The van der Waals surface area contributed by atoms with Crippen LogP contribution in [-0.4, -0.2) is 60.3 Å². The van der Waals surface area contributed by atoms with Gasteiger partial charge in [-0.1, -0.05) is 0 Å². The standard InChI is InChI=1S/C13H19N3O3/c14-11(15-5-7-19-8-6-15)10-3-4-16(13(10)18)12(17)9-1-2-9/h9-10,14H,1-8H2. The van der Waals surface area contributed by atoms with Crippen LogP contribution in [0.5, 0.6) is 0 Å². The molecule has 0 spiro atoms. The quantitative estimate of drug-likeness (QED) is 0.436. The molecular weight excluding hydrogens is 246 g/mol. The highest BCUT2D eigenvalue weighted by atomic mass is 16.5. The molecule has 3 aliphatic rings. The summed E-state index contributed by atoms with van der Waals surface area (Å²) in [7, 11) is 0. The van der Waals surface area contributed by atoms with Gasteiger partial charge < -0.3 is 9.64 Å². The zero-order valence-electron chi connectivity index (χ0n) is 10.9. The van der Waals surface area contributed by atoms with Crippen LogP contribution in [0.15, 0.2) is 0 Å². The monoisotopic (exact) mass is 265 g/mol. The third kappa shape index (κ3) is 2.36. The third-order valence-electron chi connectivity index (χ3n) is 4.08. The maximum Gasteiger partial charge on any atom is 0.239 e. The van der Waals surface area contributed by atoms with E-state index < -0.39 is 5.92 Å². The molecule has 1 N–H and O–H groups in total. The summed E-state index contributed by atoms with van der Waals surface area (Å²) in [6, 6.07) is 0. The van der Waals surface area contributed by atoms with Crippen molar-refractivity contribution in [3.05, 3.63) is 0 Å². The predicted octanol–water partition coefficient (Wildman–Crippen LogP) is 0.0810. The zero-order valence-corrected chi connectivity index (χ0v) is 10.9. The lowest BCUT2D eigenvalue weighted by atomic mass is 10.1. The summed E-state index contributed by atoms with van der Waals surface area (Å²) < 4.78 is 5.25. The number of hydrogen-bond donors (Lipinski definition) is 1. The summed E-state index contributed by atoms with van der Waals surface area (Å²) >= 11 is 0. The number of ether oxygens (including phenoxy) is 1. The number of rotatable bonds is 2. The molecule has 1 aliphatic carbocycles. The van der Waals surface area contributed by atoms with E-state index in [1.807, 2.05) is 4.90 Å². The highest BCUT2D eigenvalue weighted by molar-refractivity contribution is 6.09. The molecule has 2 saturated heterocycles. The van der Waals surface area contributed by atoms with Crippen molar-refractivity contribution in [3.63, 3.8) is 0 Å². The van der Waals surface area contributed by atoms with Crippen molar-refractivity contribution in [2.45, 2.75) is 19.3 Å². The van der Waals surface area contributed by atoms with Crippen LogP contribution in [0.3, 0.4) is 0 Å². The van der Waals surface area contributed by atoms with Crippen LogP contribution >= 0.6 is 0 Å². The molecule has 2 aliphatic heterocycles. The first-order valence-electron chi connectivity index (χ1n) is 6.95. The van der Waals surface area contributed by atoms with Gasteiger partial charge in [0.15, 0.2) is 0 Å². The number of carbonyl (C=O) groups is 2. The van der Waals surface area contributed by atoms with E-state index in [0.29, 0.717) is 45.1 Å². The number of likely N-dealkylation sites (tertiary alicyclic amines) is 1. The average molecular weight is 265 g/mol. The van der Waals surface area contributed by atoms with Crippen molar-refractivity contribution < 1.29 is 14.3 Å². The molecule has 0 radical (unpaired) electrons. The van der Waals surface area contributed by atoms with Gasteiger partial charge in [-0.15, -0.1) is 0 Å². The van der Waals surface area contributed by atoms with Gasteiger partial charge in [0.1, 0.15) is 5.84 Å². The second-order valence-electron chi connectivity index (χ2n) is 5.43. The van der Waals surface area contributed by atoms with Gasteiger partial charge in [-0.25, -0.2) is 0 Å². The van der Waals surface area contributed by atoms with Gasteiger partial charge in [-0.2, -0.15) is 0 Å². The van der Waals surface area contributed by atoms with E-state index in [-0.39, 0.29) is 17.7 Å². The van der Waals surface area contributed by atoms with Crippen LogP contribution in [0.25, 0.3) is 0 Å². The Morgan fingerprint density at radius 1 is 1.16 bits per heavy atom. The molecule has 1 saturated carbocycles. The Morgan fingerprint density at radius 3 is 2.47 bits per heavy atom. The first-order valence-corrected chi connectivity index (χ1v) is 6.95. The minimum absolute atomic E-state index is 0.0257. The normalized spacial score (nSPS) is 27.8. The summed E-state index contributed by atoms with van der Waals surface area (Å²) in [5, 5.41) is 8.18. The minimum Gasteiger partial charge on any atom is -0.378 e. The van der Waals surface area contributed by atoms with Gasteiger partial charge >= 0.3 is 0 Å². The van der Waals surface area contributed by atoms with Crippen LogP contribution < -0.4 is 0 Å². The molecule has 6 nitrogen and oxygen atoms in total. The van der Waals surface area contributed by atoms with Crippen molar-refractivity contribution in [2.75, 3.05) is 32.8 Å². The molecule has 3 fully saturated rings. The second kappa shape index (κ2) is 4.92. The summed E-state index contributed by atoms with van der Waals surface area (Å²) in [5.41, 5.74) is 0. The third-order valence-corrected chi connectivity index (χ3v) is 4.08. The van der Waals surface area contributed by atoms with Gasteiger partial charge in [-0.3, -0.25) is 19.9 Å². The van der Waals surface area contributed by atoms with Crippen molar-refractivity contribution >= 4 is 17.6 Å². The van der Waals surface area contributed by atoms with Gasteiger partial charge in [-0.05, 0) is 19.3 Å². The molecule has 2 amide bonds. The predicted molar refractivity (Wildman–Crippen MR) is 67.7 cm³/mol. The molecule has 0 bridgehead atoms. The van der Waals surface area contributed by atoms with E-state index in [9.17, 15) is 9.59 Å². The van der Waals surface area contributed by atoms with Crippen LogP contribution in [0.1, 0.15) is 19.3 Å². The van der Waals surface area contributed by atoms with E-state index in [4.69, 9.17) is 10.1 Å². The van der Waals surface area contributed by atoms with Crippen molar-refractivity contribution in [1.29, 1.82) is 5.41 Å². The van der Waals surface area contributed by atoms with Crippen LogP contribution in [0, 0.1) is 17.2 Å². The summed E-state index contributed by atoms with van der Waals surface area (Å²) in [6.07, 6.45) is 2.41. The number of nitrogens with one attached hydrogen (secondary N) is 1. The molecule has 104 valence electrons. The highest BCUT2D eigenvalue weighted by Crippen LogP contribution is 2.33. The largest absolute Gasteiger partial charge is 0.378 e. The molecule has 19 heavy (non-hydrogen) atoms. The van der Waals surface area contributed by atoms with E-state index in [0.717, 1.165) is 12.8 Å². The molecule has 0 aromatic carbocycles. The van der Waals surface area contributed by atoms with E-state index in [1.54, 1.807) is 0 Å². The number of amides is 2. The van der Waals surface area contributed by atoms with Gasteiger partial charge in [0, 0.05) is 25.6 Å². The van der Waals surface area contributed by atoms with Gasteiger partial charge in [0.25, 0.3) is 0 Å². The highest BCUT2D eigenvalue weighted by Gasteiger charge is 2.44. The van der Waals surface area contributed by atoms with Crippen LogP contribution in [0.2, 0.25) is 0 Å². The second-order valence-corrected chi connectivity index (χ2v) is 5.43. The van der Waals surface area contributed by atoms with Crippen molar-refractivity contribution in [3.8, 4) is 0 Å². The lowest BCUT2D eigenvalue weighted by Crippen LogP contribution is -2.46. The first-order chi connectivity index (χ1) is 9.18. The Morgan fingerprint density at radius 2 is 1.84 bits per heavy atom. The SMILES string of the molecule is N=C(C1CCN(C(=O)C2CC2)C1=O)N1CCOCC1. The molecule has 0 aromatic heterocycles. The Labute approximate surface area is 112 Å². The number of hydrogen-bond acceptors (Lipinski definition) is 4. The molecule has 2 heterocycles. The maximum absolute atomic E-state index is 12.3. The summed E-state index contributed by atoms with van der Waals surface area (Å²) in [5.74, 6) is -0.198. The number of morpholine rings is 1. The number of nitrogens with zero attached hydrogens (tertiary/aromatic N) is 2. The average Bonchev–Trinajstić information content (AvgIpc) is 3.22. The smallest absolute Gasteiger partial charge is 0.239 e. The Balaban J connectivity index is 1.63. The van der Waals surface area contributed by atoms with Gasteiger partial charge in [0.2, 0.25) is 11.8 Å². The first kappa shape index (κ1) is 12.6. The summed E-state index contributed by atoms with van der Waals surface area (Å²) in [4.78, 5) is 27.5. The number of imide groups is 1. The Hall–Kier alpha value is -1.43. The van der Waals surface area contributed by atoms with Crippen LogP contribution in [0.4, 0.5) is 0 Å². The fraction of sp³-hybridized carbons (Fsp3) is 0.769. The van der Waals surface area contributed by atoms with Crippen LogP contribution in [-0.2, 0) is 14.3 Å². The summed E-state index contributed by atoms with van der Waals surface area (Å²) in [6.45, 7) is 3.02. The topological polar surface area (TPSA) is 73.7 Å². The number of amidine groups is 1. The van der Waals surface area contributed by atoms with E-state index in [2.05, 4.69) is 0 Å².